The average Bonchev–Trinajstić information content (AvgIpc) is 2.38. The summed E-state index contributed by atoms with van der Waals surface area (Å²) in [5.41, 5.74) is 0.241. The van der Waals surface area contributed by atoms with Gasteiger partial charge in [-0.15, -0.1) is 0 Å². The highest BCUT2D eigenvalue weighted by Crippen LogP contribution is 2.30. The standard InChI is InChI=1S/C13H7FN2O2S/c14-10-5-9(8-15)6-13(7-10)19-12-3-1-11(2-4-12)16(17)18/h1-7H. The van der Waals surface area contributed by atoms with Gasteiger partial charge in [0.15, 0.2) is 0 Å². The summed E-state index contributed by atoms with van der Waals surface area (Å²) < 4.78 is 13.2. The summed E-state index contributed by atoms with van der Waals surface area (Å²) in [6.07, 6.45) is 0. The van der Waals surface area contributed by atoms with Crippen LogP contribution in [0.3, 0.4) is 0 Å². The summed E-state index contributed by atoms with van der Waals surface area (Å²) in [5, 5.41) is 19.3. The number of nitriles is 1. The van der Waals surface area contributed by atoms with Crippen molar-refractivity contribution in [2.45, 2.75) is 9.79 Å². The van der Waals surface area contributed by atoms with E-state index < -0.39 is 10.7 Å². The van der Waals surface area contributed by atoms with Gasteiger partial charge >= 0.3 is 0 Å². The maximum atomic E-state index is 13.2. The minimum Gasteiger partial charge on any atom is -0.258 e. The maximum Gasteiger partial charge on any atom is 0.269 e. The summed E-state index contributed by atoms with van der Waals surface area (Å²) in [7, 11) is 0. The number of non-ortho nitro benzene ring substituents is 1. The van der Waals surface area contributed by atoms with E-state index in [0.717, 1.165) is 11.0 Å². The van der Waals surface area contributed by atoms with Gasteiger partial charge in [0, 0.05) is 21.9 Å². The highest BCUT2D eigenvalue weighted by molar-refractivity contribution is 7.99. The van der Waals surface area contributed by atoms with Crippen molar-refractivity contribution in [3.05, 3.63) is 64.0 Å². The largest absolute Gasteiger partial charge is 0.269 e. The van der Waals surface area contributed by atoms with E-state index in [2.05, 4.69) is 0 Å². The predicted molar refractivity (Wildman–Crippen MR) is 68.3 cm³/mol. The van der Waals surface area contributed by atoms with Crippen molar-refractivity contribution >= 4 is 17.4 Å². The number of rotatable bonds is 3. The minimum absolute atomic E-state index is 0.00121. The van der Waals surface area contributed by atoms with Crippen molar-refractivity contribution in [2.75, 3.05) is 0 Å². The lowest BCUT2D eigenvalue weighted by Crippen LogP contribution is -1.86. The summed E-state index contributed by atoms with van der Waals surface area (Å²) in [5.74, 6) is -0.483. The van der Waals surface area contributed by atoms with Crippen LogP contribution in [0.5, 0.6) is 0 Å². The van der Waals surface area contributed by atoms with E-state index >= 15 is 0 Å². The Kier molecular flexibility index (Phi) is 3.78. The number of nitrogens with zero attached hydrogens (tertiary/aromatic N) is 2. The number of benzene rings is 2. The van der Waals surface area contributed by atoms with E-state index in [1.807, 2.05) is 6.07 Å². The first-order chi connectivity index (χ1) is 9.08. The van der Waals surface area contributed by atoms with Gasteiger partial charge in [0.05, 0.1) is 16.6 Å². The van der Waals surface area contributed by atoms with Crippen molar-refractivity contribution in [3.63, 3.8) is 0 Å². The predicted octanol–water partition coefficient (Wildman–Crippen LogP) is 3.76. The fourth-order valence-electron chi connectivity index (χ4n) is 1.46. The topological polar surface area (TPSA) is 66.9 Å². The normalized spacial score (nSPS) is 9.89. The first-order valence-electron chi connectivity index (χ1n) is 5.21. The van der Waals surface area contributed by atoms with Gasteiger partial charge in [-0.25, -0.2) is 4.39 Å². The lowest BCUT2D eigenvalue weighted by atomic mass is 10.2. The Morgan fingerprint density at radius 1 is 1.16 bits per heavy atom. The fourth-order valence-corrected chi connectivity index (χ4v) is 2.36. The van der Waals surface area contributed by atoms with E-state index in [-0.39, 0.29) is 11.3 Å². The zero-order valence-corrected chi connectivity index (χ0v) is 10.4. The van der Waals surface area contributed by atoms with E-state index in [1.165, 1.54) is 30.0 Å². The van der Waals surface area contributed by atoms with E-state index in [9.17, 15) is 14.5 Å². The summed E-state index contributed by atoms with van der Waals surface area (Å²) in [6, 6.07) is 11.8. The zero-order chi connectivity index (χ0) is 13.8. The van der Waals surface area contributed by atoms with Gasteiger partial charge in [-0.05, 0) is 30.3 Å². The van der Waals surface area contributed by atoms with E-state index in [4.69, 9.17) is 5.26 Å². The number of nitro benzene ring substituents is 1. The van der Waals surface area contributed by atoms with Crippen LogP contribution in [0.1, 0.15) is 5.56 Å². The molecule has 0 saturated heterocycles. The van der Waals surface area contributed by atoms with Crippen LogP contribution >= 0.6 is 11.8 Å². The molecule has 0 bridgehead atoms. The second-order valence-electron chi connectivity index (χ2n) is 3.64. The molecule has 0 N–H and O–H groups in total. The van der Waals surface area contributed by atoms with Crippen molar-refractivity contribution < 1.29 is 9.31 Å². The molecule has 0 amide bonds. The molecule has 2 aromatic carbocycles. The first-order valence-corrected chi connectivity index (χ1v) is 6.03. The maximum absolute atomic E-state index is 13.2. The van der Waals surface area contributed by atoms with Crippen LogP contribution in [0.2, 0.25) is 0 Å². The van der Waals surface area contributed by atoms with E-state index in [0.29, 0.717) is 4.90 Å². The van der Waals surface area contributed by atoms with Gasteiger partial charge < -0.3 is 0 Å². The van der Waals surface area contributed by atoms with E-state index in [1.54, 1.807) is 18.2 Å². The van der Waals surface area contributed by atoms with Gasteiger partial charge in [0.1, 0.15) is 5.82 Å². The molecule has 0 spiro atoms. The van der Waals surface area contributed by atoms with Crippen LogP contribution < -0.4 is 0 Å². The summed E-state index contributed by atoms with van der Waals surface area (Å²) in [4.78, 5) is 11.3. The van der Waals surface area contributed by atoms with Crippen LogP contribution in [0, 0.1) is 27.3 Å². The molecule has 0 aromatic heterocycles. The molecule has 0 radical (unpaired) electrons. The van der Waals surface area contributed by atoms with Gasteiger partial charge in [0.2, 0.25) is 0 Å². The Bertz CT molecular complexity index is 665. The molecular weight excluding hydrogens is 267 g/mol. The first kappa shape index (κ1) is 13.1. The number of hydrogen-bond acceptors (Lipinski definition) is 4. The van der Waals surface area contributed by atoms with Crippen LogP contribution in [0.15, 0.2) is 52.3 Å². The van der Waals surface area contributed by atoms with Gasteiger partial charge in [-0.2, -0.15) is 5.26 Å². The average molecular weight is 274 g/mol. The second kappa shape index (κ2) is 5.50. The molecule has 0 saturated carbocycles. The SMILES string of the molecule is N#Cc1cc(F)cc(Sc2ccc([N+](=O)[O-])cc2)c1. The molecule has 2 aromatic rings. The Balaban J connectivity index is 2.24. The molecule has 0 unspecified atom stereocenters. The van der Waals surface area contributed by atoms with Crippen molar-refractivity contribution in [2.24, 2.45) is 0 Å². The van der Waals surface area contributed by atoms with Gasteiger partial charge in [-0.1, -0.05) is 11.8 Å². The molecule has 0 aliphatic heterocycles. The third-order valence-corrected chi connectivity index (χ3v) is 3.26. The van der Waals surface area contributed by atoms with Crippen molar-refractivity contribution in [3.8, 4) is 6.07 Å². The molecule has 94 valence electrons. The molecule has 6 heteroatoms. The number of halogens is 1. The minimum atomic E-state index is -0.483. The molecule has 0 heterocycles. The highest BCUT2D eigenvalue weighted by atomic mass is 32.2. The van der Waals surface area contributed by atoms with Gasteiger partial charge in [0.25, 0.3) is 5.69 Å². The Morgan fingerprint density at radius 2 is 1.84 bits per heavy atom. The third kappa shape index (κ3) is 3.30. The molecule has 19 heavy (non-hydrogen) atoms. The molecule has 0 fully saturated rings. The molecule has 2 rings (SSSR count). The van der Waals surface area contributed by atoms with Crippen LogP contribution in [0.4, 0.5) is 10.1 Å². The fraction of sp³-hybridized carbons (Fsp3) is 0. The van der Waals surface area contributed by atoms with Crippen LogP contribution in [-0.2, 0) is 0 Å². The van der Waals surface area contributed by atoms with Crippen molar-refractivity contribution in [1.29, 1.82) is 5.26 Å². The Labute approximate surface area is 112 Å². The van der Waals surface area contributed by atoms with Crippen LogP contribution in [-0.4, -0.2) is 4.92 Å². The Hall–Kier alpha value is -2.39. The lowest BCUT2D eigenvalue weighted by Gasteiger charge is -2.02. The summed E-state index contributed by atoms with van der Waals surface area (Å²) in [6.45, 7) is 0. The molecule has 0 aliphatic rings. The highest BCUT2D eigenvalue weighted by Gasteiger charge is 2.06. The van der Waals surface area contributed by atoms with Gasteiger partial charge in [-0.3, -0.25) is 10.1 Å². The van der Waals surface area contributed by atoms with Crippen LogP contribution in [0.25, 0.3) is 0 Å². The van der Waals surface area contributed by atoms with Crippen molar-refractivity contribution in [1.82, 2.24) is 0 Å². The Morgan fingerprint density at radius 3 is 2.42 bits per heavy atom. The molecular formula is C13H7FN2O2S. The molecule has 4 nitrogen and oxygen atoms in total. The molecule has 0 aliphatic carbocycles. The third-order valence-electron chi connectivity index (χ3n) is 2.28. The molecule has 0 atom stereocenters. The number of nitro groups is 1. The monoisotopic (exact) mass is 274 g/mol. The summed E-state index contributed by atoms with van der Waals surface area (Å²) >= 11 is 1.24. The number of hydrogen-bond donors (Lipinski definition) is 0. The lowest BCUT2D eigenvalue weighted by molar-refractivity contribution is -0.384. The smallest absolute Gasteiger partial charge is 0.258 e. The second-order valence-corrected chi connectivity index (χ2v) is 4.79. The quantitative estimate of drug-likeness (QED) is 0.631. The zero-order valence-electron chi connectivity index (χ0n) is 9.54.